The van der Waals surface area contributed by atoms with Gasteiger partial charge in [-0.15, -0.1) is 0 Å². The van der Waals surface area contributed by atoms with E-state index in [1.807, 2.05) is 6.07 Å². The fourth-order valence-electron chi connectivity index (χ4n) is 1.64. The van der Waals surface area contributed by atoms with Crippen LogP contribution in [0.3, 0.4) is 0 Å². The Bertz CT molecular complexity index is 635. The van der Waals surface area contributed by atoms with Crippen molar-refractivity contribution in [2.45, 2.75) is 6.42 Å². The molecule has 0 aliphatic carbocycles. The van der Waals surface area contributed by atoms with Crippen molar-refractivity contribution in [3.05, 3.63) is 29.8 Å². The molecule has 8 heteroatoms. The molecule has 0 heterocycles. The number of nitriles is 1. The number of ether oxygens (including phenoxy) is 1. The number of benzene rings is 1. The summed E-state index contributed by atoms with van der Waals surface area (Å²) in [6.45, 7) is 0.148. The Kier molecular flexibility index (Phi) is 6.82. The van der Waals surface area contributed by atoms with Crippen LogP contribution in [0.5, 0.6) is 5.75 Å². The third-order valence-electron chi connectivity index (χ3n) is 3.01. The molecule has 0 spiro atoms. The maximum Gasteiger partial charge on any atom is 0.251 e. The van der Waals surface area contributed by atoms with E-state index in [0.717, 1.165) is 4.31 Å². The van der Waals surface area contributed by atoms with E-state index in [1.54, 1.807) is 24.3 Å². The quantitative estimate of drug-likeness (QED) is 0.754. The molecule has 0 aliphatic rings. The van der Waals surface area contributed by atoms with E-state index >= 15 is 0 Å². The minimum atomic E-state index is -3.47. The Labute approximate surface area is 130 Å². The number of nitrogens with one attached hydrogen (secondary N) is 1. The third kappa shape index (κ3) is 5.35. The summed E-state index contributed by atoms with van der Waals surface area (Å²) >= 11 is 0. The van der Waals surface area contributed by atoms with Crippen LogP contribution >= 0.6 is 0 Å². The first-order chi connectivity index (χ1) is 10.4. The smallest absolute Gasteiger partial charge is 0.251 e. The average molecular weight is 325 g/mol. The molecule has 0 saturated carbocycles. The molecule has 0 saturated heterocycles. The maximum atomic E-state index is 11.9. The van der Waals surface area contributed by atoms with Crippen LogP contribution in [0.1, 0.15) is 16.8 Å². The lowest BCUT2D eigenvalue weighted by atomic mass is 10.2. The summed E-state index contributed by atoms with van der Waals surface area (Å²) in [7, 11) is -0.528. The van der Waals surface area contributed by atoms with Crippen molar-refractivity contribution in [2.24, 2.45) is 0 Å². The molecule has 0 atom stereocenters. The van der Waals surface area contributed by atoms with Gasteiger partial charge in [-0.1, -0.05) is 0 Å². The summed E-state index contributed by atoms with van der Waals surface area (Å²) in [5.41, 5.74) is 0.427. The molecule has 0 radical (unpaired) electrons. The van der Waals surface area contributed by atoms with Gasteiger partial charge in [-0.2, -0.15) is 5.26 Å². The lowest BCUT2D eigenvalue weighted by molar-refractivity contribution is 0.0956. The van der Waals surface area contributed by atoms with Gasteiger partial charge in [0.05, 0.1) is 18.9 Å². The van der Waals surface area contributed by atoms with E-state index < -0.39 is 10.0 Å². The van der Waals surface area contributed by atoms with Gasteiger partial charge in [-0.05, 0) is 24.3 Å². The number of methoxy groups -OCH3 is 1. The molecule has 0 aromatic heterocycles. The van der Waals surface area contributed by atoms with Crippen molar-refractivity contribution >= 4 is 15.9 Å². The predicted octanol–water partition coefficient (Wildman–Crippen LogP) is 0.600. The highest BCUT2D eigenvalue weighted by Gasteiger charge is 2.17. The largest absolute Gasteiger partial charge is 0.497 e. The third-order valence-corrected chi connectivity index (χ3v) is 4.86. The summed E-state index contributed by atoms with van der Waals surface area (Å²) in [5.74, 6) is 0.0763. The van der Waals surface area contributed by atoms with Crippen molar-refractivity contribution in [2.75, 3.05) is 33.0 Å². The van der Waals surface area contributed by atoms with Crippen LogP contribution in [0.2, 0.25) is 0 Å². The number of carbonyl (C=O) groups excluding carboxylic acids is 1. The number of nitrogens with zero attached hydrogens (tertiary/aromatic N) is 2. The molecule has 120 valence electrons. The monoisotopic (exact) mass is 325 g/mol. The van der Waals surface area contributed by atoms with Gasteiger partial charge in [0, 0.05) is 32.1 Å². The zero-order valence-electron chi connectivity index (χ0n) is 12.6. The van der Waals surface area contributed by atoms with Crippen molar-refractivity contribution < 1.29 is 17.9 Å². The second kappa shape index (κ2) is 8.36. The van der Waals surface area contributed by atoms with E-state index in [0.29, 0.717) is 11.3 Å². The van der Waals surface area contributed by atoms with Crippen LogP contribution in [0.4, 0.5) is 0 Å². The molecule has 0 bridgehead atoms. The highest BCUT2D eigenvalue weighted by atomic mass is 32.2. The number of hydrogen-bond donors (Lipinski definition) is 1. The normalized spacial score (nSPS) is 11.0. The van der Waals surface area contributed by atoms with Gasteiger partial charge < -0.3 is 10.1 Å². The number of rotatable bonds is 8. The SMILES string of the molecule is COc1ccc(C(=O)NCCS(=O)(=O)N(C)CCC#N)cc1. The van der Waals surface area contributed by atoms with Crippen molar-refractivity contribution in [3.8, 4) is 11.8 Å². The highest BCUT2D eigenvalue weighted by molar-refractivity contribution is 7.89. The molecule has 1 amide bonds. The maximum absolute atomic E-state index is 11.9. The molecule has 0 unspecified atom stereocenters. The van der Waals surface area contributed by atoms with Crippen molar-refractivity contribution in [1.29, 1.82) is 5.26 Å². The standard InChI is InChI=1S/C14H19N3O4S/c1-17(10-3-8-15)22(19,20)11-9-16-14(18)12-4-6-13(21-2)7-5-12/h4-7H,3,9-11H2,1-2H3,(H,16,18). The fraction of sp³-hybridized carbons (Fsp3) is 0.429. The number of hydrogen-bond acceptors (Lipinski definition) is 5. The summed E-state index contributed by atoms with van der Waals surface area (Å²) in [4.78, 5) is 11.9. The van der Waals surface area contributed by atoms with Gasteiger partial charge >= 0.3 is 0 Å². The minimum absolute atomic E-state index is 0.00406. The average Bonchev–Trinajstić information content (AvgIpc) is 2.52. The lowest BCUT2D eigenvalue weighted by Crippen LogP contribution is -2.36. The summed E-state index contributed by atoms with van der Waals surface area (Å²) in [5, 5.41) is 11.0. The summed E-state index contributed by atoms with van der Waals surface area (Å²) in [6, 6.07) is 8.40. The molecular weight excluding hydrogens is 306 g/mol. The van der Waals surface area contributed by atoms with Gasteiger partial charge in [0.25, 0.3) is 5.91 Å². The van der Waals surface area contributed by atoms with Crippen LogP contribution in [0.25, 0.3) is 0 Å². The van der Waals surface area contributed by atoms with Gasteiger partial charge in [-0.25, -0.2) is 12.7 Å². The molecule has 1 aromatic carbocycles. The second-order valence-electron chi connectivity index (χ2n) is 4.53. The highest BCUT2D eigenvalue weighted by Crippen LogP contribution is 2.11. The first-order valence-electron chi connectivity index (χ1n) is 6.64. The Morgan fingerprint density at radius 1 is 1.36 bits per heavy atom. The molecule has 0 fully saturated rings. The van der Waals surface area contributed by atoms with E-state index in [9.17, 15) is 13.2 Å². The Morgan fingerprint density at radius 3 is 2.55 bits per heavy atom. The van der Waals surface area contributed by atoms with Crippen LogP contribution in [-0.4, -0.2) is 51.6 Å². The van der Waals surface area contributed by atoms with Gasteiger partial charge in [0.1, 0.15) is 5.75 Å². The molecule has 7 nitrogen and oxygen atoms in total. The van der Waals surface area contributed by atoms with E-state index in [4.69, 9.17) is 10.00 Å². The topological polar surface area (TPSA) is 99.5 Å². The number of amides is 1. The Morgan fingerprint density at radius 2 is 2.00 bits per heavy atom. The summed E-state index contributed by atoms with van der Waals surface area (Å²) < 4.78 is 29.9. The number of sulfonamides is 1. The minimum Gasteiger partial charge on any atom is -0.497 e. The van der Waals surface area contributed by atoms with Crippen LogP contribution in [-0.2, 0) is 10.0 Å². The summed E-state index contributed by atoms with van der Waals surface area (Å²) in [6.07, 6.45) is 0.133. The van der Waals surface area contributed by atoms with Gasteiger partial charge in [0.15, 0.2) is 0 Å². The second-order valence-corrected chi connectivity index (χ2v) is 6.73. The zero-order chi connectivity index (χ0) is 16.6. The van der Waals surface area contributed by atoms with E-state index in [1.165, 1.54) is 14.2 Å². The molecule has 0 aliphatic heterocycles. The van der Waals surface area contributed by atoms with Gasteiger partial charge in [0.2, 0.25) is 10.0 Å². The number of carbonyl (C=O) groups is 1. The Hall–Kier alpha value is -2.11. The fourth-order valence-corrected chi connectivity index (χ4v) is 2.68. The molecule has 22 heavy (non-hydrogen) atoms. The Balaban J connectivity index is 2.48. The van der Waals surface area contributed by atoms with E-state index in [-0.39, 0.29) is 31.2 Å². The van der Waals surface area contributed by atoms with Gasteiger partial charge in [-0.3, -0.25) is 4.79 Å². The first kappa shape index (κ1) is 17.9. The molecule has 1 rings (SSSR count). The molecule has 1 N–H and O–H groups in total. The van der Waals surface area contributed by atoms with Crippen molar-refractivity contribution in [3.63, 3.8) is 0 Å². The first-order valence-corrected chi connectivity index (χ1v) is 8.25. The zero-order valence-corrected chi connectivity index (χ0v) is 13.4. The molecule has 1 aromatic rings. The van der Waals surface area contributed by atoms with Crippen molar-refractivity contribution in [1.82, 2.24) is 9.62 Å². The predicted molar refractivity (Wildman–Crippen MR) is 82.0 cm³/mol. The van der Waals surface area contributed by atoms with Crippen LogP contribution in [0, 0.1) is 11.3 Å². The van der Waals surface area contributed by atoms with Crippen LogP contribution in [0.15, 0.2) is 24.3 Å². The lowest BCUT2D eigenvalue weighted by Gasteiger charge is -2.15. The van der Waals surface area contributed by atoms with E-state index in [2.05, 4.69) is 5.32 Å². The molecular formula is C14H19N3O4S. The van der Waals surface area contributed by atoms with Crippen LogP contribution < -0.4 is 10.1 Å².